The van der Waals surface area contributed by atoms with Crippen LogP contribution in [0, 0.1) is 56.7 Å². The van der Waals surface area contributed by atoms with Crippen molar-refractivity contribution in [2.75, 3.05) is 6.61 Å². The molecule has 1 saturated heterocycles. The average molecular weight is 589 g/mol. The molecule has 0 aromatic heterocycles. The Bertz CT molecular complexity index is 1100. The summed E-state index contributed by atoms with van der Waals surface area (Å²) in [6, 6.07) is 0. The fourth-order valence-electron chi connectivity index (χ4n) is 12.6. The minimum absolute atomic E-state index is 0.0672. The molecule has 6 rings (SSSR count). The summed E-state index contributed by atoms with van der Waals surface area (Å²) in [6.07, 6.45) is 4.22. The number of rotatable bonds is 3. The molecule has 0 aromatic rings. The van der Waals surface area contributed by atoms with Crippen molar-refractivity contribution in [1.82, 2.24) is 0 Å². The predicted octanol–water partition coefficient (Wildman–Crippen LogP) is 4.99. The number of ether oxygens (including phenoxy) is 2. The number of hydrogen-bond donors (Lipinski definition) is 4. The number of aliphatic hydroxyl groups excluding tert-OH is 4. The molecule has 0 radical (unpaired) electrons. The van der Waals surface area contributed by atoms with E-state index < -0.39 is 30.0 Å². The molecule has 6 fully saturated rings. The second-order valence-corrected chi connectivity index (χ2v) is 16.9. The molecule has 7 heteroatoms. The van der Waals surface area contributed by atoms with E-state index in [1.54, 1.807) is 0 Å². The summed E-state index contributed by atoms with van der Waals surface area (Å²) >= 11 is 0. The van der Waals surface area contributed by atoms with Crippen molar-refractivity contribution in [2.24, 2.45) is 56.7 Å². The van der Waals surface area contributed by atoms with Crippen molar-refractivity contribution in [3.8, 4) is 0 Å². The molecule has 1 aliphatic heterocycles. The molecule has 238 valence electrons. The number of allylic oxidation sites excluding steroid dienone is 1. The van der Waals surface area contributed by atoms with E-state index in [1.165, 1.54) is 0 Å². The van der Waals surface area contributed by atoms with Crippen LogP contribution in [0.5, 0.6) is 0 Å². The SMILES string of the molecule is C=C(C)[C@@H]1CC[C@]2(C(=O)O[C@@H]3OC[C@@H](O)[C@H](O)[C@H]3O)CC[C@]3(C)[C@H](CC[C@@H]4[C@@]5(C)CC[C@H](O)C(C)(C)[C@@H]5CC[C@]43C)[C@@H]12. The standard InChI is InChI=1S/C35H56O7/c1-19(2)20-10-15-35(30(40)42-29-28(39)27(38)22(36)18-41-29)17-16-33(6)21(26(20)35)8-9-24-32(5)13-12-25(37)31(3,4)23(32)11-14-34(24,33)7/h20-29,36-39H,1,8-18H2,2-7H3/t20-,21+,22+,23-,24+,25-,26+,27-,28+,29-,32-,33+,34+,35-/m0/s1. The summed E-state index contributed by atoms with van der Waals surface area (Å²) in [7, 11) is 0. The first-order chi connectivity index (χ1) is 19.5. The second kappa shape index (κ2) is 10.0. The van der Waals surface area contributed by atoms with Gasteiger partial charge < -0.3 is 29.9 Å². The Labute approximate surface area is 252 Å². The van der Waals surface area contributed by atoms with Gasteiger partial charge >= 0.3 is 5.97 Å². The van der Waals surface area contributed by atoms with Crippen LogP contribution < -0.4 is 0 Å². The number of fused-ring (bicyclic) bond motifs is 7. The summed E-state index contributed by atoms with van der Waals surface area (Å²) in [5, 5.41) is 41.7. The van der Waals surface area contributed by atoms with Gasteiger partial charge in [-0.15, -0.1) is 0 Å². The molecule has 14 atom stereocenters. The summed E-state index contributed by atoms with van der Waals surface area (Å²) in [5.41, 5.74) is 0.791. The van der Waals surface area contributed by atoms with E-state index in [0.717, 1.165) is 69.8 Å². The van der Waals surface area contributed by atoms with Crippen LogP contribution in [-0.4, -0.2) is 63.7 Å². The van der Waals surface area contributed by atoms with Crippen molar-refractivity contribution in [2.45, 2.75) is 136 Å². The lowest BCUT2D eigenvalue weighted by molar-refractivity contribution is -0.274. The fourth-order valence-corrected chi connectivity index (χ4v) is 12.6. The van der Waals surface area contributed by atoms with E-state index in [-0.39, 0.29) is 52.2 Å². The van der Waals surface area contributed by atoms with Crippen LogP contribution in [0.15, 0.2) is 12.2 Å². The van der Waals surface area contributed by atoms with Crippen LogP contribution in [0.4, 0.5) is 0 Å². The highest BCUT2D eigenvalue weighted by molar-refractivity contribution is 5.78. The first kappa shape index (κ1) is 31.0. The molecule has 0 bridgehead atoms. The number of hydrogen-bond acceptors (Lipinski definition) is 7. The van der Waals surface area contributed by atoms with E-state index in [9.17, 15) is 25.2 Å². The predicted molar refractivity (Wildman–Crippen MR) is 159 cm³/mol. The van der Waals surface area contributed by atoms with Crippen LogP contribution in [0.1, 0.15) is 106 Å². The molecule has 42 heavy (non-hydrogen) atoms. The molecule has 0 amide bonds. The molecule has 0 spiro atoms. The van der Waals surface area contributed by atoms with Gasteiger partial charge in [-0.2, -0.15) is 0 Å². The first-order valence-corrected chi connectivity index (χ1v) is 16.7. The van der Waals surface area contributed by atoms with Gasteiger partial charge in [0.2, 0.25) is 6.29 Å². The van der Waals surface area contributed by atoms with E-state index in [0.29, 0.717) is 17.8 Å². The normalized spacial score (nSPS) is 55.0. The number of esters is 1. The van der Waals surface area contributed by atoms with E-state index in [4.69, 9.17) is 9.47 Å². The zero-order valence-corrected chi connectivity index (χ0v) is 26.8. The van der Waals surface area contributed by atoms with Crippen LogP contribution in [0.3, 0.4) is 0 Å². The Morgan fingerprint density at radius 2 is 1.52 bits per heavy atom. The largest absolute Gasteiger partial charge is 0.432 e. The highest BCUT2D eigenvalue weighted by atomic mass is 16.7. The molecule has 5 saturated carbocycles. The van der Waals surface area contributed by atoms with Crippen LogP contribution >= 0.6 is 0 Å². The second-order valence-electron chi connectivity index (χ2n) is 16.9. The molecular formula is C35H56O7. The summed E-state index contributed by atoms with van der Waals surface area (Å²) in [4.78, 5) is 14.2. The van der Waals surface area contributed by atoms with Crippen LogP contribution in [-0.2, 0) is 14.3 Å². The molecule has 0 aromatic carbocycles. The molecule has 7 nitrogen and oxygen atoms in total. The topological polar surface area (TPSA) is 116 Å². The van der Waals surface area contributed by atoms with Gasteiger partial charge in [-0.1, -0.05) is 46.8 Å². The lowest BCUT2D eigenvalue weighted by atomic mass is 9.32. The van der Waals surface area contributed by atoms with Crippen molar-refractivity contribution < 1.29 is 34.7 Å². The zero-order chi connectivity index (χ0) is 30.6. The lowest BCUT2D eigenvalue weighted by Gasteiger charge is -2.72. The van der Waals surface area contributed by atoms with Crippen LogP contribution in [0.25, 0.3) is 0 Å². The molecule has 5 aliphatic carbocycles. The van der Waals surface area contributed by atoms with E-state index >= 15 is 0 Å². The van der Waals surface area contributed by atoms with Gasteiger partial charge in [0.05, 0.1) is 18.1 Å². The highest BCUT2D eigenvalue weighted by Gasteiger charge is 2.72. The lowest BCUT2D eigenvalue weighted by Crippen LogP contribution is -2.67. The minimum Gasteiger partial charge on any atom is -0.432 e. The average Bonchev–Trinajstić information content (AvgIpc) is 3.33. The number of carbonyl (C=O) groups is 1. The van der Waals surface area contributed by atoms with E-state index in [2.05, 4.69) is 48.1 Å². The smallest absolute Gasteiger partial charge is 0.314 e. The Kier molecular flexibility index (Phi) is 7.39. The third kappa shape index (κ3) is 3.98. The van der Waals surface area contributed by atoms with Gasteiger partial charge in [0.15, 0.2) is 0 Å². The first-order valence-electron chi connectivity index (χ1n) is 16.7. The Balaban J connectivity index is 1.33. The van der Waals surface area contributed by atoms with Gasteiger partial charge in [-0.05, 0) is 122 Å². The van der Waals surface area contributed by atoms with Crippen molar-refractivity contribution >= 4 is 5.97 Å². The molecule has 6 aliphatic rings. The molecule has 1 heterocycles. The van der Waals surface area contributed by atoms with Gasteiger partial charge in [0.1, 0.15) is 18.3 Å². The van der Waals surface area contributed by atoms with Crippen molar-refractivity contribution in [1.29, 1.82) is 0 Å². The summed E-state index contributed by atoms with van der Waals surface area (Å²) in [6.45, 7) is 18.6. The summed E-state index contributed by atoms with van der Waals surface area (Å²) in [5.74, 6) is 1.48. The third-order valence-corrected chi connectivity index (χ3v) is 15.1. The monoisotopic (exact) mass is 588 g/mol. The van der Waals surface area contributed by atoms with Gasteiger partial charge in [-0.3, -0.25) is 4.79 Å². The summed E-state index contributed by atoms with van der Waals surface area (Å²) < 4.78 is 11.4. The Morgan fingerprint density at radius 3 is 2.21 bits per heavy atom. The molecule has 4 N–H and O–H groups in total. The van der Waals surface area contributed by atoms with Gasteiger partial charge in [0.25, 0.3) is 0 Å². The number of carbonyl (C=O) groups excluding carboxylic acids is 1. The molecular weight excluding hydrogens is 532 g/mol. The highest BCUT2D eigenvalue weighted by Crippen LogP contribution is 2.77. The fraction of sp³-hybridized carbons (Fsp3) is 0.914. The minimum atomic E-state index is -1.48. The molecule has 0 unspecified atom stereocenters. The maximum Gasteiger partial charge on any atom is 0.314 e. The quantitative estimate of drug-likeness (QED) is 0.271. The maximum atomic E-state index is 14.2. The van der Waals surface area contributed by atoms with Crippen LogP contribution in [0.2, 0.25) is 0 Å². The Morgan fingerprint density at radius 1 is 0.810 bits per heavy atom. The third-order valence-electron chi connectivity index (χ3n) is 15.1. The number of aliphatic hydroxyl groups is 4. The Hall–Kier alpha value is -0.990. The van der Waals surface area contributed by atoms with Gasteiger partial charge in [0, 0.05) is 0 Å². The van der Waals surface area contributed by atoms with Crippen molar-refractivity contribution in [3.05, 3.63) is 12.2 Å². The maximum absolute atomic E-state index is 14.2. The zero-order valence-electron chi connectivity index (χ0n) is 26.8. The van der Waals surface area contributed by atoms with E-state index in [1.807, 2.05) is 0 Å². The van der Waals surface area contributed by atoms with Gasteiger partial charge in [-0.25, -0.2) is 0 Å². The van der Waals surface area contributed by atoms with Crippen molar-refractivity contribution in [3.63, 3.8) is 0 Å².